The lowest BCUT2D eigenvalue weighted by atomic mass is 10.1. The highest BCUT2D eigenvalue weighted by Gasteiger charge is 2.12. The number of hydrogen-bond acceptors (Lipinski definition) is 6. The summed E-state index contributed by atoms with van der Waals surface area (Å²) in [7, 11) is -3.49. The lowest BCUT2D eigenvalue weighted by Crippen LogP contribution is -2.32. The highest BCUT2D eigenvalue weighted by molar-refractivity contribution is 7.88. The van der Waals surface area contributed by atoms with Gasteiger partial charge in [0.25, 0.3) is 5.91 Å². The summed E-state index contributed by atoms with van der Waals surface area (Å²) >= 11 is 0. The summed E-state index contributed by atoms with van der Waals surface area (Å²) in [6, 6.07) is 19.7. The number of carbonyl (C=O) groups is 1. The summed E-state index contributed by atoms with van der Waals surface area (Å²) in [6.07, 6.45) is 3.41. The molecule has 0 atom stereocenters. The number of rotatable bonds is 11. The zero-order valence-electron chi connectivity index (χ0n) is 16.8. The van der Waals surface area contributed by atoms with Gasteiger partial charge in [-0.15, -0.1) is 0 Å². The maximum absolute atomic E-state index is 12.5. The number of amides is 1. The molecule has 3 N–H and O–H groups in total. The molecular weight excluding hydrogens is 416 g/mol. The fourth-order valence-electron chi connectivity index (χ4n) is 2.80. The molecule has 1 heterocycles. The van der Waals surface area contributed by atoms with Gasteiger partial charge in [-0.3, -0.25) is 14.6 Å². The molecule has 0 bridgehead atoms. The molecule has 0 saturated carbocycles. The number of hydroxylamine groups is 1. The standard InChI is InChI=1S/C22H24N4O4S/c27-22(20-8-4-5-9-21(20)24-16-18-10-12-23-13-11-18)26-30-15-14-25-31(28,29)17-19-6-2-1-3-7-19/h1-13,24-25H,14-17H2,(H,26,27). The van der Waals surface area contributed by atoms with Crippen LogP contribution < -0.4 is 15.5 Å². The number of benzene rings is 2. The van der Waals surface area contributed by atoms with E-state index in [0.29, 0.717) is 23.4 Å². The average molecular weight is 441 g/mol. The van der Waals surface area contributed by atoms with E-state index in [2.05, 4.69) is 20.5 Å². The Morgan fingerprint density at radius 1 is 0.903 bits per heavy atom. The van der Waals surface area contributed by atoms with E-state index >= 15 is 0 Å². The largest absolute Gasteiger partial charge is 0.380 e. The van der Waals surface area contributed by atoms with Crippen molar-refractivity contribution in [2.24, 2.45) is 0 Å². The molecule has 8 nitrogen and oxygen atoms in total. The quantitative estimate of drug-likeness (QED) is 0.312. The van der Waals surface area contributed by atoms with Gasteiger partial charge in [0.2, 0.25) is 10.0 Å². The second-order valence-corrected chi connectivity index (χ2v) is 8.48. The van der Waals surface area contributed by atoms with E-state index < -0.39 is 15.9 Å². The minimum Gasteiger partial charge on any atom is -0.380 e. The summed E-state index contributed by atoms with van der Waals surface area (Å²) in [5, 5.41) is 3.22. The molecule has 1 aromatic heterocycles. The molecule has 0 saturated heterocycles. The summed E-state index contributed by atoms with van der Waals surface area (Å²) in [5.74, 6) is -0.540. The van der Waals surface area contributed by atoms with Crippen molar-refractivity contribution in [3.63, 3.8) is 0 Å². The van der Waals surface area contributed by atoms with E-state index in [0.717, 1.165) is 5.56 Å². The highest BCUT2D eigenvalue weighted by Crippen LogP contribution is 2.16. The van der Waals surface area contributed by atoms with Crippen LogP contribution in [0.15, 0.2) is 79.1 Å². The van der Waals surface area contributed by atoms with E-state index in [9.17, 15) is 13.2 Å². The third-order valence-electron chi connectivity index (χ3n) is 4.29. The van der Waals surface area contributed by atoms with Crippen molar-refractivity contribution in [3.8, 4) is 0 Å². The number of nitrogens with zero attached hydrogens (tertiary/aromatic N) is 1. The maximum atomic E-state index is 12.5. The van der Waals surface area contributed by atoms with Crippen molar-refractivity contribution < 1.29 is 18.0 Å². The van der Waals surface area contributed by atoms with Crippen molar-refractivity contribution in [2.75, 3.05) is 18.5 Å². The summed E-state index contributed by atoms with van der Waals surface area (Å²) < 4.78 is 26.6. The number of anilines is 1. The van der Waals surface area contributed by atoms with E-state index in [1.165, 1.54) is 0 Å². The second-order valence-electron chi connectivity index (χ2n) is 6.67. The number of nitrogens with one attached hydrogen (secondary N) is 3. The predicted octanol–water partition coefficient (Wildman–Crippen LogP) is 2.47. The maximum Gasteiger partial charge on any atom is 0.276 e. The molecule has 0 fully saturated rings. The molecule has 1 amide bonds. The van der Waals surface area contributed by atoms with Crippen LogP contribution in [0, 0.1) is 0 Å². The Bertz CT molecular complexity index is 1080. The summed E-state index contributed by atoms with van der Waals surface area (Å²) in [6.45, 7) is 0.570. The van der Waals surface area contributed by atoms with Gasteiger partial charge < -0.3 is 5.32 Å². The third kappa shape index (κ3) is 7.49. The van der Waals surface area contributed by atoms with E-state index in [1.807, 2.05) is 24.3 Å². The van der Waals surface area contributed by atoms with Crippen LogP contribution in [-0.4, -0.2) is 32.5 Å². The minimum absolute atomic E-state index is 0.00757. The van der Waals surface area contributed by atoms with Crippen LogP contribution in [0.3, 0.4) is 0 Å². The molecule has 0 aliphatic heterocycles. The van der Waals surface area contributed by atoms with Crippen molar-refractivity contribution in [1.29, 1.82) is 0 Å². The predicted molar refractivity (Wildman–Crippen MR) is 118 cm³/mol. The van der Waals surface area contributed by atoms with Crippen LogP contribution in [0.4, 0.5) is 5.69 Å². The first kappa shape index (κ1) is 22.4. The van der Waals surface area contributed by atoms with Gasteiger partial charge in [0.1, 0.15) is 0 Å². The molecule has 31 heavy (non-hydrogen) atoms. The average Bonchev–Trinajstić information content (AvgIpc) is 2.78. The van der Waals surface area contributed by atoms with E-state index in [-0.39, 0.29) is 18.9 Å². The molecule has 0 unspecified atom stereocenters. The first-order chi connectivity index (χ1) is 15.0. The van der Waals surface area contributed by atoms with Crippen LogP contribution >= 0.6 is 0 Å². The van der Waals surface area contributed by atoms with Crippen molar-refractivity contribution in [2.45, 2.75) is 12.3 Å². The van der Waals surface area contributed by atoms with Gasteiger partial charge >= 0.3 is 0 Å². The van der Waals surface area contributed by atoms with Crippen LogP contribution in [0.2, 0.25) is 0 Å². The van der Waals surface area contributed by atoms with Crippen LogP contribution in [0.1, 0.15) is 21.5 Å². The van der Waals surface area contributed by atoms with Gasteiger partial charge in [0.15, 0.2) is 0 Å². The molecule has 3 rings (SSSR count). The molecule has 9 heteroatoms. The Labute approximate surface area is 181 Å². The fourth-order valence-corrected chi connectivity index (χ4v) is 3.93. The molecule has 3 aromatic rings. The van der Waals surface area contributed by atoms with Gasteiger partial charge in [-0.2, -0.15) is 0 Å². The monoisotopic (exact) mass is 440 g/mol. The number of para-hydroxylation sites is 1. The van der Waals surface area contributed by atoms with Gasteiger partial charge in [-0.25, -0.2) is 18.6 Å². The normalized spacial score (nSPS) is 11.1. The minimum atomic E-state index is -3.49. The fraction of sp³-hybridized carbons (Fsp3) is 0.182. The Hall–Kier alpha value is -3.27. The topological polar surface area (TPSA) is 109 Å². The molecule has 2 aromatic carbocycles. The second kappa shape index (κ2) is 11.2. The van der Waals surface area contributed by atoms with E-state index in [4.69, 9.17) is 4.84 Å². The zero-order chi connectivity index (χ0) is 21.9. The Kier molecular flexibility index (Phi) is 8.11. The molecule has 162 valence electrons. The number of carbonyl (C=O) groups excluding carboxylic acids is 1. The van der Waals surface area contributed by atoms with Gasteiger partial charge in [0, 0.05) is 31.2 Å². The van der Waals surface area contributed by atoms with Crippen LogP contribution in [0.25, 0.3) is 0 Å². The van der Waals surface area contributed by atoms with Crippen LogP contribution in [-0.2, 0) is 27.2 Å². The van der Waals surface area contributed by atoms with Gasteiger partial charge in [0.05, 0.1) is 17.9 Å². The lowest BCUT2D eigenvalue weighted by molar-refractivity contribution is 0.0336. The first-order valence-electron chi connectivity index (χ1n) is 9.69. The first-order valence-corrected chi connectivity index (χ1v) is 11.3. The molecular formula is C22H24N4O4S. The number of sulfonamides is 1. The summed E-state index contributed by atoms with van der Waals surface area (Å²) in [5.41, 5.74) is 5.15. The van der Waals surface area contributed by atoms with Gasteiger partial charge in [-0.05, 0) is 35.4 Å². The SMILES string of the molecule is O=C(NOCCNS(=O)(=O)Cc1ccccc1)c1ccccc1NCc1ccncc1. The molecule has 0 spiro atoms. The van der Waals surface area contributed by atoms with Gasteiger partial charge in [-0.1, -0.05) is 42.5 Å². The zero-order valence-corrected chi connectivity index (χ0v) is 17.6. The highest BCUT2D eigenvalue weighted by atomic mass is 32.2. The number of aromatic nitrogens is 1. The smallest absolute Gasteiger partial charge is 0.276 e. The van der Waals surface area contributed by atoms with Crippen molar-refractivity contribution >= 4 is 21.6 Å². The molecule has 0 radical (unpaired) electrons. The van der Waals surface area contributed by atoms with E-state index in [1.54, 1.807) is 54.9 Å². The van der Waals surface area contributed by atoms with Crippen molar-refractivity contribution in [1.82, 2.24) is 15.2 Å². The lowest BCUT2D eigenvalue weighted by Gasteiger charge is -2.12. The molecule has 0 aliphatic carbocycles. The Morgan fingerprint density at radius 3 is 2.39 bits per heavy atom. The van der Waals surface area contributed by atoms with Crippen LogP contribution in [0.5, 0.6) is 0 Å². The number of hydrogen-bond donors (Lipinski definition) is 3. The molecule has 0 aliphatic rings. The Balaban J connectivity index is 1.43. The van der Waals surface area contributed by atoms with Crippen molar-refractivity contribution in [3.05, 3.63) is 95.8 Å². The third-order valence-corrected chi connectivity index (χ3v) is 5.65. The Morgan fingerprint density at radius 2 is 1.61 bits per heavy atom. The summed E-state index contributed by atoms with van der Waals surface area (Å²) in [4.78, 5) is 21.6. The number of pyridine rings is 1.